The number of ether oxygens (including phenoxy) is 1. The minimum Gasteiger partial charge on any atom is -0.444 e. The Bertz CT molecular complexity index is 281. The minimum absolute atomic E-state index is 0.249. The van der Waals surface area contributed by atoms with Crippen molar-refractivity contribution < 1.29 is 14.6 Å². The van der Waals surface area contributed by atoms with Gasteiger partial charge in [0.2, 0.25) is 0 Å². The molecular formula is C13H23NO3. The van der Waals surface area contributed by atoms with E-state index in [4.69, 9.17) is 4.74 Å². The van der Waals surface area contributed by atoms with Gasteiger partial charge in [-0.3, -0.25) is 0 Å². The van der Waals surface area contributed by atoms with Crippen molar-refractivity contribution in [1.29, 1.82) is 0 Å². The van der Waals surface area contributed by atoms with Crippen LogP contribution in [-0.4, -0.2) is 28.9 Å². The van der Waals surface area contributed by atoms with E-state index in [0.717, 1.165) is 25.7 Å². The molecule has 1 aliphatic carbocycles. The van der Waals surface area contributed by atoms with Gasteiger partial charge in [0.25, 0.3) is 0 Å². The Morgan fingerprint density at radius 3 is 2.76 bits per heavy atom. The Balaban J connectivity index is 2.50. The number of rotatable bonds is 1. The van der Waals surface area contributed by atoms with Crippen LogP contribution in [0, 0.1) is 0 Å². The second-order valence-corrected chi connectivity index (χ2v) is 5.46. The average molecular weight is 241 g/mol. The lowest BCUT2D eigenvalue weighted by molar-refractivity contribution is 0.0447. The molecule has 0 bridgehead atoms. The summed E-state index contributed by atoms with van der Waals surface area (Å²) >= 11 is 0. The zero-order valence-corrected chi connectivity index (χ0v) is 10.9. The van der Waals surface area contributed by atoms with E-state index in [1.54, 1.807) is 6.08 Å². The molecule has 0 aliphatic heterocycles. The Morgan fingerprint density at radius 1 is 1.41 bits per heavy atom. The number of carbonyl (C=O) groups excluding carboxylic acids is 1. The zero-order valence-electron chi connectivity index (χ0n) is 10.9. The van der Waals surface area contributed by atoms with Crippen LogP contribution in [0.5, 0.6) is 0 Å². The fraction of sp³-hybridized carbons (Fsp3) is 0.769. The van der Waals surface area contributed by atoms with Crippen molar-refractivity contribution >= 4 is 6.09 Å². The van der Waals surface area contributed by atoms with Crippen molar-refractivity contribution in [3.63, 3.8) is 0 Å². The van der Waals surface area contributed by atoms with Gasteiger partial charge in [0, 0.05) is 0 Å². The Morgan fingerprint density at radius 2 is 2.12 bits per heavy atom. The van der Waals surface area contributed by atoms with E-state index in [2.05, 4.69) is 5.32 Å². The fourth-order valence-electron chi connectivity index (χ4n) is 1.78. The molecule has 1 aliphatic rings. The molecular weight excluding hydrogens is 218 g/mol. The summed E-state index contributed by atoms with van der Waals surface area (Å²) in [5.41, 5.74) is -0.507. The van der Waals surface area contributed by atoms with Gasteiger partial charge in [0.05, 0.1) is 12.1 Å². The van der Waals surface area contributed by atoms with E-state index in [-0.39, 0.29) is 6.04 Å². The molecule has 1 amide bonds. The second-order valence-electron chi connectivity index (χ2n) is 5.46. The first-order valence-corrected chi connectivity index (χ1v) is 6.23. The number of aliphatic hydroxyl groups is 1. The van der Waals surface area contributed by atoms with Crippen LogP contribution in [0.25, 0.3) is 0 Å². The van der Waals surface area contributed by atoms with E-state index in [1.165, 1.54) is 0 Å². The molecule has 98 valence electrons. The highest BCUT2D eigenvalue weighted by molar-refractivity contribution is 5.68. The number of hydrogen-bond acceptors (Lipinski definition) is 3. The molecule has 17 heavy (non-hydrogen) atoms. The van der Waals surface area contributed by atoms with Crippen molar-refractivity contribution in [3.8, 4) is 0 Å². The van der Waals surface area contributed by atoms with E-state index in [1.807, 2.05) is 26.8 Å². The number of alkyl carbamates (subject to hydrolysis) is 1. The van der Waals surface area contributed by atoms with Gasteiger partial charge in [0.1, 0.15) is 5.60 Å². The first-order chi connectivity index (χ1) is 7.88. The third-order valence-corrected chi connectivity index (χ3v) is 2.58. The lowest BCUT2D eigenvalue weighted by Gasteiger charge is -2.26. The number of amides is 1. The molecule has 0 fully saturated rings. The van der Waals surface area contributed by atoms with E-state index in [9.17, 15) is 9.90 Å². The molecule has 4 nitrogen and oxygen atoms in total. The van der Waals surface area contributed by atoms with Crippen LogP contribution in [0.15, 0.2) is 12.2 Å². The van der Waals surface area contributed by atoms with Crippen LogP contribution in [0.1, 0.15) is 46.5 Å². The van der Waals surface area contributed by atoms with Crippen LogP contribution in [-0.2, 0) is 4.74 Å². The normalized spacial score (nSPS) is 27.8. The summed E-state index contributed by atoms with van der Waals surface area (Å²) in [4.78, 5) is 11.6. The summed E-state index contributed by atoms with van der Waals surface area (Å²) in [6.07, 6.45) is 6.51. The molecule has 0 heterocycles. The highest BCUT2D eigenvalue weighted by Crippen LogP contribution is 2.14. The smallest absolute Gasteiger partial charge is 0.407 e. The first kappa shape index (κ1) is 14.0. The van der Waals surface area contributed by atoms with Gasteiger partial charge in [-0.25, -0.2) is 4.79 Å². The molecule has 0 aromatic rings. The molecule has 4 heteroatoms. The number of nitrogens with one attached hydrogen (secondary N) is 1. The summed E-state index contributed by atoms with van der Waals surface area (Å²) in [6, 6.07) is -0.249. The summed E-state index contributed by atoms with van der Waals surface area (Å²) < 4.78 is 5.18. The zero-order chi connectivity index (χ0) is 12.9. The van der Waals surface area contributed by atoms with Crippen molar-refractivity contribution in [2.24, 2.45) is 0 Å². The highest BCUT2D eigenvalue weighted by atomic mass is 16.6. The minimum atomic E-state index is -0.622. The van der Waals surface area contributed by atoms with Crippen LogP contribution < -0.4 is 5.32 Å². The van der Waals surface area contributed by atoms with Crippen LogP contribution in [0.2, 0.25) is 0 Å². The average Bonchev–Trinajstić information content (AvgIpc) is 2.15. The summed E-state index contributed by atoms with van der Waals surface area (Å²) in [7, 11) is 0. The maximum atomic E-state index is 11.6. The topological polar surface area (TPSA) is 58.6 Å². The van der Waals surface area contributed by atoms with Gasteiger partial charge >= 0.3 is 6.09 Å². The lowest BCUT2D eigenvalue weighted by atomic mass is 9.99. The van der Waals surface area contributed by atoms with E-state index in [0.29, 0.717) is 0 Å². The predicted octanol–water partition coefficient (Wildman–Crippen LogP) is 2.37. The molecule has 0 unspecified atom stereocenters. The molecule has 2 atom stereocenters. The van der Waals surface area contributed by atoms with Crippen molar-refractivity contribution in [3.05, 3.63) is 12.2 Å². The number of allylic oxidation sites excluding steroid dienone is 1. The third kappa shape index (κ3) is 5.73. The maximum absolute atomic E-state index is 11.6. The van der Waals surface area contributed by atoms with E-state index >= 15 is 0 Å². The van der Waals surface area contributed by atoms with Crippen LogP contribution in [0.3, 0.4) is 0 Å². The predicted molar refractivity (Wildman–Crippen MR) is 66.8 cm³/mol. The molecule has 0 aromatic carbocycles. The standard InChI is InChI=1S/C13H23NO3/c1-13(2,3)17-12(16)14-10-8-6-4-5-7-9-11(10)15/h7,9-11,15H,4-6,8H2,1-3H3,(H,14,16)/b9-7-/t10-,11+/m1/s1. The van der Waals surface area contributed by atoms with Crippen molar-refractivity contribution in [1.82, 2.24) is 5.32 Å². The van der Waals surface area contributed by atoms with Gasteiger partial charge in [-0.15, -0.1) is 0 Å². The number of carbonyl (C=O) groups is 1. The maximum Gasteiger partial charge on any atom is 0.407 e. The summed E-state index contributed by atoms with van der Waals surface area (Å²) in [5.74, 6) is 0. The largest absolute Gasteiger partial charge is 0.444 e. The molecule has 0 saturated carbocycles. The second kappa shape index (κ2) is 6.05. The number of hydrogen-bond donors (Lipinski definition) is 2. The van der Waals surface area contributed by atoms with Crippen LogP contribution >= 0.6 is 0 Å². The fourth-order valence-corrected chi connectivity index (χ4v) is 1.78. The SMILES string of the molecule is CC(C)(C)OC(=O)N[C@@H]1CCCC/C=C\[C@@H]1O. The van der Waals surface area contributed by atoms with Gasteiger partial charge in [-0.05, 0) is 40.0 Å². The highest BCUT2D eigenvalue weighted by Gasteiger charge is 2.23. The molecule has 2 N–H and O–H groups in total. The van der Waals surface area contributed by atoms with Gasteiger partial charge in [0.15, 0.2) is 0 Å². The Hall–Kier alpha value is -1.03. The van der Waals surface area contributed by atoms with Gasteiger partial charge in [-0.1, -0.05) is 18.6 Å². The molecule has 0 aromatic heterocycles. The van der Waals surface area contributed by atoms with E-state index < -0.39 is 17.8 Å². The summed E-state index contributed by atoms with van der Waals surface area (Å²) in [5, 5.41) is 12.6. The summed E-state index contributed by atoms with van der Waals surface area (Å²) in [6.45, 7) is 5.46. The monoisotopic (exact) mass is 241 g/mol. The lowest BCUT2D eigenvalue weighted by Crippen LogP contribution is -2.45. The van der Waals surface area contributed by atoms with Gasteiger partial charge in [-0.2, -0.15) is 0 Å². The first-order valence-electron chi connectivity index (χ1n) is 6.23. The number of aliphatic hydroxyl groups excluding tert-OH is 1. The van der Waals surface area contributed by atoms with Crippen LogP contribution in [0.4, 0.5) is 4.79 Å². The molecule has 0 spiro atoms. The van der Waals surface area contributed by atoms with Gasteiger partial charge < -0.3 is 15.2 Å². The van der Waals surface area contributed by atoms with Crippen molar-refractivity contribution in [2.75, 3.05) is 0 Å². The Labute approximate surface area is 103 Å². The molecule has 0 radical (unpaired) electrons. The molecule has 1 rings (SSSR count). The van der Waals surface area contributed by atoms with Crippen molar-refractivity contribution in [2.45, 2.75) is 64.2 Å². The molecule has 0 saturated heterocycles. The third-order valence-electron chi connectivity index (χ3n) is 2.58. The Kier molecular flexibility index (Phi) is 5.00. The quantitative estimate of drug-likeness (QED) is 0.693.